The molecule has 0 aliphatic carbocycles. The first-order chi connectivity index (χ1) is 10.6. The first-order valence-corrected chi connectivity index (χ1v) is 8.92. The first-order valence-electron chi connectivity index (χ1n) is 6.65. The monoisotopic (exact) mass is 376 g/mol. The van der Waals surface area contributed by atoms with E-state index in [0.717, 1.165) is 9.86 Å². The maximum absolute atomic E-state index is 12.6. The number of halogens is 1. The van der Waals surface area contributed by atoms with Crippen molar-refractivity contribution in [2.45, 2.75) is 11.4 Å². The van der Waals surface area contributed by atoms with Gasteiger partial charge >= 0.3 is 0 Å². The van der Waals surface area contributed by atoms with E-state index in [1.165, 1.54) is 0 Å². The lowest BCUT2D eigenvalue weighted by Crippen LogP contribution is -2.23. The number of rotatable bonds is 4. The van der Waals surface area contributed by atoms with Crippen LogP contribution in [0, 0.1) is 0 Å². The number of hydrogen-bond donors (Lipinski definition) is 1. The van der Waals surface area contributed by atoms with Gasteiger partial charge < -0.3 is 0 Å². The van der Waals surface area contributed by atoms with E-state index in [0.29, 0.717) is 11.1 Å². The van der Waals surface area contributed by atoms with Crippen LogP contribution in [0.1, 0.15) is 5.69 Å². The average molecular weight is 377 g/mol. The molecule has 0 saturated heterocycles. The Hall–Kier alpha value is -1.76. The number of hydrogen-bond acceptors (Lipinski definition) is 3. The van der Waals surface area contributed by atoms with E-state index in [4.69, 9.17) is 0 Å². The summed E-state index contributed by atoms with van der Waals surface area (Å²) in [6, 6.07) is 16.1. The van der Waals surface area contributed by atoms with Crippen molar-refractivity contribution in [2.75, 3.05) is 0 Å². The fraction of sp³-hybridized carbons (Fsp3) is 0.0625. The summed E-state index contributed by atoms with van der Waals surface area (Å²) in [5.74, 6) is 0. The molecule has 3 aromatic rings. The normalized spacial score (nSPS) is 11.7. The quantitative estimate of drug-likeness (QED) is 0.758. The van der Waals surface area contributed by atoms with Gasteiger partial charge in [-0.3, -0.25) is 4.98 Å². The Labute approximate surface area is 137 Å². The zero-order valence-electron chi connectivity index (χ0n) is 11.5. The lowest BCUT2D eigenvalue weighted by molar-refractivity contribution is 0.581. The highest BCUT2D eigenvalue weighted by molar-refractivity contribution is 9.10. The minimum atomic E-state index is -3.61. The molecule has 1 heterocycles. The van der Waals surface area contributed by atoms with E-state index in [9.17, 15) is 8.42 Å². The van der Waals surface area contributed by atoms with Gasteiger partial charge in [0.05, 0.1) is 17.1 Å². The van der Waals surface area contributed by atoms with Crippen LogP contribution in [-0.4, -0.2) is 13.4 Å². The Kier molecular flexibility index (Phi) is 4.24. The van der Waals surface area contributed by atoms with Crippen molar-refractivity contribution in [1.82, 2.24) is 9.71 Å². The van der Waals surface area contributed by atoms with Crippen LogP contribution >= 0.6 is 15.9 Å². The molecule has 1 N–H and O–H groups in total. The van der Waals surface area contributed by atoms with Gasteiger partial charge in [-0.1, -0.05) is 46.3 Å². The molecular formula is C16H13BrN2O2S. The zero-order valence-corrected chi connectivity index (χ0v) is 13.9. The molecule has 0 aliphatic rings. The molecule has 22 heavy (non-hydrogen) atoms. The van der Waals surface area contributed by atoms with E-state index in [2.05, 4.69) is 25.6 Å². The highest BCUT2D eigenvalue weighted by Gasteiger charge is 2.18. The molecule has 0 spiro atoms. The second kappa shape index (κ2) is 6.16. The minimum Gasteiger partial charge on any atom is -0.260 e. The van der Waals surface area contributed by atoms with Crippen molar-refractivity contribution in [3.05, 3.63) is 71.0 Å². The van der Waals surface area contributed by atoms with Crippen molar-refractivity contribution in [3.8, 4) is 0 Å². The predicted octanol–water partition coefficient (Wildman–Crippen LogP) is 3.48. The second-order valence-corrected chi connectivity index (χ2v) is 7.33. The standard InChI is InChI=1S/C16H13BrN2O2S/c17-15-8-9-16(14-7-2-1-6-13(14)15)22(20,21)19-11-12-5-3-4-10-18-12/h1-10,19H,11H2. The molecule has 6 heteroatoms. The third kappa shape index (κ3) is 3.04. The van der Waals surface area contributed by atoms with Gasteiger partial charge in [-0.2, -0.15) is 0 Å². The van der Waals surface area contributed by atoms with Gasteiger partial charge in [0.25, 0.3) is 0 Å². The highest BCUT2D eigenvalue weighted by atomic mass is 79.9. The molecule has 0 fully saturated rings. The van der Waals surface area contributed by atoms with Crippen LogP contribution in [0.25, 0.3) is 10.8 Å². The van der Waals surface area contributed by atoms with Crippen LogP contribution in [0.3, 0.4) is 0 Å². The van der Waals surface area contributed by atoms with Crippen molar-refractivity contribution >= 4 is 36.7 Å². The molecule has 0 atom stereocenters. The number of benzene rings is 2. The van der Waals surface area contributed by atoms with Gasteiger partial charge in [0.15, 0.2) is 0 Å². The van der Waals surface area contributed by atoms with Gasteiger partial charge in [0.2, 0.25) is 10.0 Å². The average Bonchev–Trinajstić information content (AvgIpc) is 2.54. The summed E-state index contributed by atoms with van der Waals surface area (Å²) in [5, 5.41) is 1.55. The van der Waals surface area contributed by atoms with Crippen LogP contribution < -0.4 is 4.72 Å². The Balaban J connectivity index is 1.98. The number of aromatic nitrogens is 1. The maximum Gasteiger partial charge on any atom is 0.241 e. The fourth-order valence-corrected chi connectivity index (χ4v) is 3.90. The van der Waals surface area contributed by atoms with Crippen LogP contribution in [0.2, 0.25) is 0 Å². The molecule has 112 valence electrons. The summed E-state index contributed by atoms with van der Waals surface area (Å²) in [7, 11) is -3.61. The largest absolute Gasteiger partial charge is 0.260 e. The lowest BCUT2D eigenvalue weighted by atomic mass is 10.1. The van der Waals surface area contributed by atoms with E-state index < -0.39 is 10.0 Å². The number of nitrogens with one attached hydrogen (secondary N) is 1. The van der Waals surface area contributed by atoms with Crippen LogP contribution in [0.15, 0.2) is 70.2 Å². The van der Waals surface area contributed by atoms with Gasteiger partial charge in [0.1, 0.15) is 0 Å². The summed E-state index contributed by atoms with van der Waals surface area (Å²) in [4.78, 5) is 4.38. The molecular weight excluding hydrogens is 364 g/mol. The second-order valence-electron chi connectivity index (χ2n) is 4.74. The van der Waals surface area contributed by atoms with Gasteiger partial charge in [-0.05, 0) is 29.7 Å². The van der Waals surface area contributed by atoms with Crippen molar-refractivity contribution in [3.63, 3.8) is 0 Å². The van der Waals surface area contributed by atoms with E-state index >= 15 is 0 Å². The third-order valence-corrected chi connectivity index (χ3v) is 5.44. The summed E-state index contributed by atoms with van der Waals surface area (Å²) in [6.07, 6.45) is 1.64. The molecule has 3 rings (SSSR count). The minimum absolute atomic E-state index is 0.160. The molecule has 1 aromatic heterocycles. The maximum atomic E-state index is 12.6. The van der Waals surface area contributed by atoms with E-state index in [1.807, 2.05) is 24.3 Å². The number of pyridine rings is 1. The Morgan fingerprint density at radius 1 is 0.955 bits per heavy atom. The number of sulfonamides is 1. The van der Waals surface area contributed by atoms with Crippen molar-refractivity contribution in [1.29, 1.82) is 0 Å². The SMILES string of the molecule is O=S(=O)(NCc1ccccn1)c1ccc(Br)c2ccccc12. The molecule has 0 amide bonds. The lowest BCUT2D eigenvalue weighted by Gasteiger charge is -2.10. The molecule has 0 saturated carbocycles. The Morgan fingerprint density at radius 2 is 1.68 bits per heavy atom. The number of nitrogens with zero attached hydrogens (tertiary/aromatic N) is 1. The Morgan fingerprint density at radius 3 is 2.41 bits per heavy atom. The molecule has 0 aliphatic heterocycles. The topological polar surface area (TPSA) is 59.1 Å². The molecule has 2 aromatic carbocycles. The van der Waals surface area contributed by atoms with Crippen LogP contribution in [-0.2, 0) is 16.6 Å². The van der Waals surface area contributed by atoms with E-state index in [1.54, 1.807) is 36.5 Å². The zero-order chi connectivity index (χ0) is 15.6. The fourth-order valence-electron chi connectivity index (χ4n) is 2.22. The molecule has 4 nitrogen and oxygen atoms in total. The first kappa shape index (κ1) is 15.1. The van der Waals surface area contributed by atoms with Gasteiger partial charge in [-0.25, -0.2) is 13.1 Å². The summed E-state index contributed by atoms with van der Waals surface area (Å²) < 4.78 is 28.6. The van der Waals surface area contributed by atoms with Crippen molar-refractivity contribution in [2.24, 2.45) is 0 Å². The summed E-state index contributed by atoms with van der Waals surface area (Å²) >= 11 is 3.45. The predicted molar refractivity (Wildman–Crippen MR) is 89.9 cm³/mol. The molecule has 0 bridgehead atoms. The smallest absolute Gasteiger partial charge is 0.241 e. The third-order valence-electron chi connectivity index (χ3n) is 3.29. The van der Waals surface area contributed by atoms with Crippen molar-refractivity contribution < 1.29 is 8.42 Å². The molecule has 0 unspecified atom stereocenters. The van der Waals surface area contributed by atoms with E-state index in [-0.39, 0.29) is 11.4 Å². The Bertz CT molecular complexity index is 912. The summed E-state index contributed by atoms with van der Waals surface area (Å²) in [6.45, 7) is 0.160. The van der Waals surface area contributed by atoms with Crippen LogP contribution in [0.5, 0.6) is 0 Å². The van der Waals surface area contributed by atoms with Gasteiger partial charge in [-0.15, -0.1) is 0 Å². The van der Waals surface area contributed by atoms with Crippen LogP contribution in [0.4, 0.5) is 0 Å². The summed E-state index contributed by atoms with van der Waals surface area (Å²) in [5.41, 5.74) is 0.674. The van der Waals surface area contributed by atoms with Gasteiger partial charge in [0, 0.05) is 16.1 Å². The number of fused-ring (bicyclic) bond motifs is 1. The molecule has 0 radical (unpaired) electrons. The highest BCUT2D eigenvalue weighted by Crippen LogP contribution is 2.29.